The van der Waals surface area contributed by atoms with Crippen molar-refractivity contribution in [2.45, 2.75) is 33.1 Å². The van der Waals surface area contributed by atoms with Crippen LogP contribution in [-0.4, -0.2) is 26.3 Å². The molecule has 0 aromatic heterocycles. The Morgan fingerprint density at radius 1 is 0.729 bits per heavy atom. The lowest BCUT2D eigenvalue weighted by Crippen LogP contribution is -2.02. The number of ketones is 1. The Morgan fingerprint density at radius 2 is 1.23 bits per heavy atom. The molecular formula is C40H38BClF4O2. The molecule has 4 aromatic carbocycles. The Bertz CT molecular complexity index is 1750. The summed E-state index contributed by atoms with van der Waals surface area (Å²) in [6.45, 7) is 5.21. The highest BCUT2D eigenvalue weighted by molar-refractivity contribution is 6.50. The molecule has 2 nitrogen and oxygen atoms in total. The molecule has 0 N–H and O–H groups in total. The van der Waals surface area contributed by atoms with Gasteiger partial charge in [-0.1, -0.05) is 115 Å². The van der Waals surface area contributed by atoms with Crippen molar-refractivity contribution in [1.82, 2.24) is 0 Å². The van der Waals surface area contributed by atoms with E-state index in [9.17, 15) is 17.3 Å². The summed E-state index contributed by atoms with van der Waals surface area (Å²) in [5, 5.41) is 0.810. The zero-order valence-electron chi connectivity index (χ0n) is 27.0. The molecule has 248 valence electrons. The van der Waals surface area contributed by atoms with E-state index >= 15 is 0 Å². The van der Waals surface area contributed by atoms with Gasteiger partial charge in [0.05, 0.1) is 12.2 Å². The average Bonchev–Trinajstić information content (AvgIpc) is 3.10. The van der Waals surface area contributed by atoms with Crippen molar-refractivity contribution >= 4 is 30.4 Å². The van der Waals surface area contributed by atoms with Crippen molar-refractivity contribution in [3.8, 4) is 22.3 Å². The summed E-state index contributed by atoms with van der Waals surface area (Å²) in [6.07, 6.45) is 11.2. The lowest BCUT2D eigenvalue weighted by atomic mass is 9.93. The van der Waals surface area contributed by atoms with Gasteiger partial charge in [0.15, 0.2) is 0 Å². The molecule has 1 aliphatic carbocycles. The summed E-state index contributed by atoms with van der Waals surface area (Å²) in [5.41, 5.74) is 9.10. The Morgan fingerprint density at radius 3 is 1.73 bits per heavy atom. The van der Waals surface area contributed by atoms with Crippen LogP contribution in [0.25, 0.3) is 28.0 Å². The predicted octanol–water partition coefficient (Wildman–Crippen LogP) is 12.3. The summed E-state index contributed by atoms with van der Waals surface area (Å²) in [5.74, 6) is 1.68. The number of rotatable bonds is 10. The van der Waals surface area contributed by atoms with Crippen molar-refractivity contribution in [3.05, 3.63) is 161 Å². The fourth-order valence-corrected chi connectivity index (χ4v) is 5.56. The minimum Gasteiger partial charge on any atom is -0.493 e. The molecule has 0 heterocycles. The number of allylic oxidation sites excluding steroid dienone is 7. The molecule has 0 amide bonds. The maximum atomic E-state index is 9.75. The van der Waals surface area contributed by atoms with Gasteiger partial charge in [-0.2, -0.15) is 0 Å². The molecule has 0 fully saturated rings. The normalized spacial score (nSPS) is 15.0. The average molecular weight is 673 g/mol. The largest absolute Gasteiger partial charge is 0.673 e. The predicted molar refractivity (Wildman–Crippen MR) is 192 cm³/mol. The smallest absolute Gasteiger partial charge is 0.493 e. The van der Waals surface area contributed by atoms with Gasteiger partial charge in [0.2, 0.25) is 0 Å². The third-order valence-corrected chi connectivity index (χ3v) is 7.97. The zero-order chi connectivity index (χ0) is 34.4. The van der Waals surface area contributed by atoms with Crippen LogP contribution in [0.15, 0.2) is 150 Å². The summed E-state index contributed by atoms with van der Waals surface area (Å²) in [7, 11) is -6.00. The minimum atomic E-state index is -6.00. The van der Waals surface area contributed by atoms with E-state index in [2.05, 4.69) is 121 Å². The molecule has 4 aromatic rings. The molecule has 1 aliphatic rings. The van der Waals surface area contributed by atoms with Gasteiger partial charge in [0.1, 0.15) is 5.76 Å². The monoisotopic (exact) mass is 672 g/mol. The Labute approximate surface area is 285 Å². The molecule has 0 saturated carbocycles. The van der Waals surface area contributed by atoms with Gasteiger partial charge in [0, 0.05) is 23.6 Å². The van der Waals surface area contributed by atoms with Crippen LogP contribution in [0.3, 0.4) is 0 Å². The highest BCUT2D eigenvalue weighted by atomic mass is 35.5. The van der Waals surface area contributed by atoms with Gasteiger partial charge in [-0.15, -0.1) is 0 Å². The van der Waals surface area contributed by atoms with Crippen molar-refractivity contribution in [2.24, 2.45) is 0 Å². The topological polar surface area (TPSA) is 20.5 Å². The first-order valence-electron chi connectivity index (χ1n) is 16.0. The third-order valence-electron chi connectivity index (χ3n) is 7.48. The maximum absolute atomic E-state index is 9.75. The Balaban J connectivity index is 0.000000968. The van der Waals surface area contributed by atoms with Crippen LogP contribution in [-0.2, 0) is 4.74 Å². The number of hydrogen-bond donors (Lipinski definition) is 0. The van der Waals surface area contributed by atoms with Crippen molar-refractivity contribution in [3.63, 3.8) is 0 Å². The van der Waals surface area contributed by atoms with E-state index < -0.39 is 7.25 Å². The van der Waals surface area contributed by atoms with E-state index in [4.69, 9.17) is 20.8 Å². The molecule has 0 radical (unpaired) electrons. The van der Waals surface area contributed by atoms with Gasteiger partial charge in [0.25, 0.3) is 6.61 Å². The SMILES string of the molecule is CCO/C(=C/C=C1\CCCC(/C=C/C(=[O+]CC)c2ccc(-c3ccccc3)cc2)=C1Cl)c1ccc(-c2ccccc2)cc1.F[B-](F)(F)F. The lowest BCUT2D eigenvalue weighted by molar-refractivity contribution is -0.261. The van der Waals surface area contributed by atoms with Crippen LogP contribution in [0.2, 0.25) is 0 Å². The molecule has 0 aliphatic heterocycles. The summed E-state index contributed by atoms with van der Waals surface area (Å²) < 4.78 is 51.1. The first-order valence-corrected chi connectivity index (χ1v) is 16.3. The second kappa shape index (κ2) is 18.1. The van der Waals surface area contributed by atoms with Crippen LogP contribution in [0.5, 0.6) is 0 Å². The first-order chi connectivity index (χ1) is 23.2. The van der Waals surface area contributed by atoms with Gasteiger partial charge in [-0.05, 0) is 83.9 Å². The highest BCUT2D eigenvalue weighted by Gasteiger charge is 2.20. The van der Waals surface area contributed by atoms with Crippen LogP contribution in [0.4, 0.5) is 17.3 Å². The highest BCUT2D eigenvalue weighted by Crippen LogP contribution is 2.34. The molecule has 5 rings (SSSR count). The number of hydrogen-bond acceptors (Lipinski definition) is 1. The Kier molecular flexibility index (Phi) is 13.6. The van der Waals surface area contributed by atoms with Crippen LogP contribution in [0, 0.1) is 0 Å². The van der Waals surface area contributed by atoms with Crippen molar-refractivity contribution in [2.75, 3.05) is 13.2 Å². The number of carbonyl (C=O) groups excluding carboxylic acids is 1. The first kappa shape index (κ1) is 36.2. The number of halogens is 5. The summed E-state index contributed by atoms with van der Waals surface area (Å²) in [4.78, 5) is 0. The number of ether oxygens (including phenoxy) is 1. The standard InChI is InChI=1S/C40H38ClO2.BF4/c1-3-42-38(34-22-18-32(19-23-34)30-12-7-5-8-13-30)28-26-36-16-11-17-37(40(36)41)27-29-39(43-4-2)35-24-20-33(21-25-35)31-14-9-6-10-15-31;2-1(3,4)5/h5-10,12-15,18-29H,3-4,11,16-17H2,1-2H3;/q+1;-1/b28-26+,37-27+,39-29+;. The zero-order valence-corrected chi connectivity index (χ0v) is 27.8. The second-order valence-corrected chi connectivity index (χ2v) is 11.2. The summed E-state index contributed by atoms with van der Waals surface area (Å²) in [6, 6.07) is 37.8. The molecule has 8 heteroatoms. The molecule has 0 saturated heterocycles. The minimum absolute atomic E-state index is 0.593. The van der Waals surface area contributed by atoms with E-state index in [1.165, 1.54) is 22.3 Å². The Hall–Kier alpha value is -4.62. The molecule has 48 heavy (non-hydrogen) atoms. The molecule has 0 spiro atoms. The van der Waals surface area contributed by atoms with Gasteiger partial charge >= 0.3 is 13.0 Å². The third kappa shape index (κ3) is 11.3. The van der Waals surface area contributed by atoms with Crippen molar-refractivity contribution in [1.29, 1.82) is 0 Å². The van der Waals surface area contributed by atoms with E-state index in [-0.39, 0.29) is 0 Å². The van der Waals surface area contributed by atoms with E-state index in [1.54, 1.807) is 0 Å². The number of benzene rings is 4. The lowest BCUT2D eigenvalue weighted by Gasteiger charge is -2.17. The van der Waals surface area contributed by atoms with E-state index in [0.29, 0.717) is 13.2 Å². The van der Waals surface area contributed by atoms with Gasteiger partial charge < -0.3 is 22.0 Å². The van der Waals surface area contributed by atoms with Crippen LogP contribution in [0.1, 0.15) is 48.7 Å². The fourth-order valence-electron chi connectivity index (χ4n) is 5.24. The molecule has 0 atom stereocenters. The molecular weight excluding hydrogens is 635 g/mol. The molecule has 0 unspecified atom stereocenters. The quantitative estimate of drug-likeness (QED) is 0.0410. The molecule has 0 bridgehead atoms. The maximum Gasteiger partial charge on any atom is 0.673 e. The van der Waals surface area contributed by atoms with E-state index in [0.717, 1.165) is 58.1 Å². The summed E-state index contributed by atoms with van der Waals surface area (Å²) >= 11 is 6.98. The van der Waals surface area contributed by atoms with Gasteiger partial charge in [-0.25, -0.2) is 0 Å². The van der Waals surface area contributed by atoms with Crippen LogP contribution < -0.4 is 0 Å². The fraction of sp³-hybridized carbons (Fsp3) is 0.175. The van der Waals surface area contributed by atoms with Gasteiger partial charge in [-0.3, -0.25) is 4.42 Å². The second-order valence-electron chi connectivity index (χ2n) is 10.9. The van der Waals surface area contributed by atoms with Crippen LogP contribution >= 0.6 is 11.6 Å². The van der Waals surface area contributed by atoms with E-state index in [1.807, 2.05) is 26.0 Å². The van der Waals surface area contributed by atoms with Crippen molar-refractivity contribution < 1.29 is 26.4 Å².